The molecule has 0 saturated carbocycles. The maximum atomic E-state index is 11.1. The minimum absolute atomic E-state index is 0.00402. The number of nitrogens with two attached hydrogens (primary N) is 1. The highest BCUT2D eigenvalue weighted by molar-refractivity contribution is 7.87. The second-order valence-electron chi connectivity index (χ2n) is 2.73. The van der Waals surface area contributed by atoms with Gasteiger partial charge >= 0.3 is 0 Å². The fourth-order valence-electron chi connectivity index (χ4n) is 0.841. The normalized spacial score (nSPS) is 15.4. The summed E-state index contributed by atoms with van der Waals surface area (Å²) in [6.07, 6.45) is 0.727. The molecule has 0 aliphatic heterocycles. The van der Waals surface area contributed by atoms with Gasteiger partial charge in [-0.15, -0.1) is 0 Å². The maximum Gasteiger partial charge on any atom is 0.276 e. The summed E-state index contributed by atoms with van der Waals surface area (Å²) in [4.78, 5) is 0. The van der Waals surface area contributed by atoms with Crippen molar-refractivity contribution >= 4 is 16.0 Å². The van der Waals surface area contributed by atoms with Crippen LogP contribution >= 0.6 is 0 Å². The number of oxime groups is 1. The minimum atomic E-state index is -3.48. The van der Waals surface area contributed by atoms with Crippen LogP contribution in [0.1, 0.15) is 19.8 Å². The van der Waals surface area contributed by atoms with Gasteiger partial charge in [-0.05, 0) is 6.42 Å². The smallest absolute Gasteiger partial charge is 0.276 e. The molecule has 1 atom stereocenters. The molecular formula is C6H16N4O3S. The van der Waals surface area contributed by atoms with Crippen LogP contribution < -0.4 is 15.2 Å². The van der Waals surface area contributed by atoms with Crippen LogP contribution in [0.25, 0.3) is 0 Å². The zero-order chi connectivity index (χ0) is 11.2. The van der Waals surface area contributed by atoms with Gasteiger partial charge in [-0.3, -0.25) is 0 Å². The summed E-state index contributed by atoms with van der Waals surface area (Å²) in [7, 11) is -2.17. The second kappa shape index (κ2) is 5.78. The standard InChI is InChI=1S/C6H16N4O3S/c1-3-5(4-6(7)9-11)10-14(12,13)8-2/h5,8,10-11H,3-4H2,1-2H3,(H2,7,9). The predicted molar refractivity (Wildman–Crippen MR) is 53.2 cm³/mol. The quantitative estimate of drug-likeness (QED) is 0.199. The first-order valence-electron chi connectivity index (χ1n) is 4.12. The Kier molecular flexibility index (Phi) is 5.43. The summed E-state index contributed by atoms with van der Waals surface area (Å²) in [5, 5.41) is 11.1. The molecule has 0 aliphatic rings. The van der Waals surface area contributed by atoms with E-state index in [4.69, 9.17) is 10.9 Å². The van der Waals surface area contributed by atoms with Gasteiger partial charge in [0.2, 0.25) is 0 Å². The van der Waals surface area contributed by atoms with Gasteiger partial charge in [-0.1, -0.05) is 12.1 Å². The van der Waals surface area contributed by atoms with E-state index < -0.39 is 10.2 Å². The Hall–Kier alpha value is -0.860. The van der Waals surface area contributed by atoms with Crippen molar-refractivity contribution in [2.24, 2.45) is 10.9 Å². The van der Waals surface area contributed by atoms with Crippen LogP contribution in [0.5, 0.6) is 0 Å². The van der Waals surface area contributed by atoms with Crippen LogP contribution in [0.3, 0.4) is 0 Å². The third-order valence-corrected chi connectivity index (χ3v) is 2.85. The van der Waals surface area contributed by atoms with Crippen LogP contribution in [0.2, 0.25) is 0 Å². The molecule has 0 amide bonds. The molecule has 0 radical (unpaired) electrons. The van der Waals surface area contributed by atoms with E-state index in [9.17, 15) is 8.42 Å². The SMILES string of the molecule is CCC(CC(N)=NO)NS(=O)(=O)NC. The molecule has 0 bridgehead atoms. The Morgan fingerprint density at radius 2 is 2.21 bits per heavy atom. The van der Waals surface area contributed by atoms with Crippen molar-refractivity contribution in [3.63, 3.8) is 0 Å². The molecule has 0 aliphatic carbocycles. The summed E-state index contributed by atoms with van der Waals surface area (Å²) in [5.74, 6) is -0.00402. The summed E-state index contributed by atoms with van der Waals surface area (Å²) in [6.45, 7) is 1.80. The van der Waals surface area contributed by atoms with E-state index in [-0.39, 0.29) is 18.3 Å². The predicted octanol–water partition coefficient (Wildman–Crippen LogP) is -1.04. The van der Waals surface area contributed by atoms with Gasteiger partial charge in [-0.2, -0.15) is 13.1 Å². The van der Waals surface area contributed by atoms with E-state index in [1.807, 2.05) is 0 Å². The molecule has 84 valence electrons. The molecule has 8 heteroatoms. The third-order valence-electron chi connectivity index (χ3n) is 1.67. The molecule has 0 rings (SSSR count). The Balaban J connectivity index is 4.31. The molecule has 0 heterocycles. The molecule has 0 aromatic carbocycles. The lowest BCUT2D eigenvalue weighted by Gasteiger charge is -2.15. The maximum absolute atomic E-state index is 11.1. The molecule has 0 aromatic rings. The van der Waals surface area contributed by atoms with E-state index in [0.29, 0.717) is 6.42 Å². The molecular weight excluding hydrogens is 208 g/mol. The highest BCUT2D eigenvalue weighted by Crippen LogP contribution is 1.98. The number of nitrogens with one attached hydrogen (secondary N) is 2. The molecule has 1 unspecified atom stereocenters. The van der Waals surface area contributed by atoms with Gasteiger partial charge in [0, 0.05) is 19.5 Å². The number of hydrogen-bond donors (Lipinski definition) is 4. The average molecular weight is 224 g/mol. The van der Waals surface area contributed by atoms with E-state index in [1.54, 1.807) is 6.92 Å². The molecule has 0 fully saturated rings. The van der Waals surface area contributed by atoms with Crippen LogP contribution in [0.4, 0.5) is 0 Å². The minimum Gasteiger partial charge on any atom is -0.409 e. The van der Waals surface area contributed by atoms with Crippen LogP contribution in [0.15, 0.2) is 5.16 Å². The summed E-state index contributed by atoms with van der Waals surface area (Å²) in [6, 6.07) is -0.372. The lowest BCUT2D eigenvalue weighted by molar-refractivity contribution is 0.316. The Morgan fingerprint density at radius 1 is 1.64 bits per heavy atom. The van der Waals surface area contributed by atoms with Gasteiger partial charge in [0.1, 0.15) is 5.84 Å². The fraction of sp³-hybridized carbons (Fsp3) is 0.833. The molecule has 0 aromatic heterocycles. The number of nitrogens with zero attached hydrogens (tertiary/aromatic N) is 1. The Bertz CT molecular complexity index is 287. The first kappa shape index (κ1) is 13.1. The van der Waals surface area contributed by atoms with E-state index in [0.717, 1.165) is 0 Å². The second-order valence-corrected chi connectivity index (χ2v) is 4.38. The van der Waals surface area contributed by atoms with Crippen LogP contribution in [-0.2, 0) is 10.2 Å². The van der Waals surface area contributed by atoms with Crippen molar-refractivity contribution in [2.75, 3.05) is 7.05 Å². The number of amidine groups is 1. The van der Waals surface area contributed by atoms with E-state index >= 15 is 0 Å². The highest BCUT2D eigenvalue weighted by Gasteiger charge is 2.15. The van der Waals surface area contributed by atoms with Gasteiger partial charge in [-0.25, -0.2) is 4.72 Å². The topological polar surface area (TPSA) is 117 Å². The average Bonchev–Trinajstić information content (AvgIpc) is 2.16. The first-order chi connectivity index (χ1) is 6.45. The first-order valence-corrected chi connectivity index (χ1v) is 5.60. The molecule has 5 N–H and O–H groups in total. The summed E-state index contributed by atoms with van der Waals surface area (Å²) >= 11 is 0. The Morgan fingerprint density at radius 3 is 2.57 bits per heavy atom. The molecule has 7 nitrogen and oxygen atoms in total. The van der Waals surface area contributed by atoms with Gasteiger partial charge in [0.25, 0.3) is 10.2 Å². The highest BCUT2D eigenvalue weighted by atomic mass is 32.2. The van der Waals surface area contributed by atoms with Crippen LogP contribution in [-0.4, -0.2) is 32.6 Å². The zero-order valence-electron chi connectivity index (χ0n) is 8.19. The van der Waals surface area contributed by atoms with Crippen molar-refractivity contribution in [3.05, 3.63) is 0 Å². The van der Waals surface area contributed by atoms with E-state index in [2.05, 4.69) is 14.6 Å². The fourth-order valence-corrected chi connectivity index (χ4v) is 1.65. The summed E-state index contributed by atoms with van der Waals surface area (Å²) in [5.41, 5.74) is 5.25. The lowest BCUT2D eigenvalue weighted by atomic mass is 10.1. The zero-order valence-corrected chi connectivity index (χ0v) is 9.00. The third kappa shape index (κ3) is 5.00. The number of hydrogen-bond acceptors (Lipinski definition) is 4. The van der Waals surface area contributed by atoms with Gasteiger partial charge in [0.15, 0.2) is 0 Å². The van der Waals surface area contributed by atoms with Crippen LogP contribution in [0, 0.1) is 0 Å². The lowest BCUT2D eigenvalue weighted by Crippen LogP contribution is -2.42. The number of rotatable bonds is 6. The Labute approximate surface area is 83.5 Å². The van der Waals surface area contributed by atoms with Crippen molar-refractivity contribution in [1.82, 2.24) is 9.44 Å². The van der Waals surface area contributed by atoms with E-state index in [1.165, 1.54) is 7.05 Å². The van der Waals surface area contributed by atoms with Crippen molar-refractivity contribution in [1.29, 1.82) is 0 Å². The monoisotopic (exact) mass is 224 g/mol. The summed E-state index contributed by atoms with van der Waals surface area (Å²) < 4.78 is 26.6. The molecule has 0 saturated heterocycles. The van der Waals surface area contributed by atoms with Gasteiger partial charge < -0.3 is 10.9 Å². The molecule has 14 heavy (non-hydrogen) atoms. The van der Waals surface area contributed by atoms with Crippen molar-refractivity contribution < 1.29 is 13.6 Å². The van der Waals surface area contributed by atoms with Crippen molar-refractivity contribution in [3.8, 4) is 0 Å². The van der Waals surface area contributed by atoms with Gasteiger partial charge in [0.05, 0.1) is 0 Å². The van der Waals surface area contributed by atoms with Crippen molar-refractivity contribution in [2.45, 2.75) is 25.8 Å². The largest absolute Gasteiger partial charge is 0.409 e. The molecule has 0 spiro atoms.